The van der Waals surface area contributed by atoms with Gasteiger partial charge >= 0.3 is 0 Å². The van der Waals surface area contributed by atoms with Crippen LogP contribution in [0.5, 0.6) is 0 Å². The van der Waals surface area contributed by atoms with Crippen molar-refractivity contribution in [3.63, 3.8) is 0 Å². The van der Waals surface area contributed by atoms with Crippen molar-refractivity contribution >= 4 is 34.3 Å². The Morgan fingerprint density at radius 1 is 1.03 bits per heavy atom. The van der Waals surface area contributed by atoms with Crippen LogP contribution in [-0.2, 0) is 4.79 Å². The maximum absolute atomic E-state index is 13.4. The summed E-state index contributed by atoms with van der Waals surface area (Å²) in [6.45, 7) is 5.94. The molecule has 1 aromatic heterocycles. The van der Waals surface area contributed by atoms with Gasteiger partial charge < -0.3 is 5.32 Å². The Hall–Kier alpha value is -3.38. The third-order valence-corrected chi connectivity index (χ3v) is 6.64. The molecule has 0 aliphatic rings. The zero-order valence-corrected chi connectivity index (χ0v) is 19.1. The number of carbonyl (C=O) groups is 1. The minimum Gasteiger partial charge on any atom is -0.325 e. The van der Waals surface area contributed by atoms with Crippen molar-refractivity contribution in [1.82, 2.24) is 9.55 Å². The average molecular weight is 444 g/mol. The number of aromatic nitrogens is 2. The van der Waals surface area contributed by atoms with E-state index < -0.39 is 5.25 Å². The number of benzene rings is 3. The molecule has 4 rings (SSSR count). The lowest BCUT2D eigenvalue weighted by Gasteiger charge is -2.19. The van der Waals surface area contributed by atoms with Crippen molar-refractivity contribution in [2.75, 3.05) is 5.32 Å². The summed E-state index contributed by atoms with van der Waals surface area (Å²) in [7, 11) is 0. The van der Waals surface area contributed by atoms with Crippen LogP contribution in [0.15, 0.2) is 82.7 Å². The molecular weight excluding hydrogens is 418 g/mol. The highest BCUT2D eigenvalue weighted by Gasteiger charge is 2.23. The van der Waals surface area contributed by atoms with Crippen LogP contribution in [0.2, 0.25) is 0 Å². The number of hydrogen-bond donors (Lipinski definition) is 1. The van der Waals surface area contributed by atoms with Gasteiger partial charge in [-0.2, -0.15) is 0 Å². The first-order valence-corrected chi connectivity index (χ1v) is 11.5. The first kappa shape index (κ1) is 21.8. The molecule has 0 aliphatic carbocycles. The van der Waals surface area contributed by atoms with Gasteiger partial charge in [-0.3, -0.25) is 14.2 Å². The van der Waals surface area contributed by atoms with E-state index in [4.69, 9.17) is 4.98 Å². The number of fused-ring (bicyclic) bond motifs is 1. The molecule has 1 amide bonds. The number of nitrogens with one attached hydrogen (secondary N) is 1. The molecule has 0 bridgehead atoms. The van der Waals surface area contributed by atoms with Crippen LogP contribution in [0.25, 0.3) is 16.6 Å². The lowest BCUT2D eigenvalue weighted by Crippen LogP contribution is -2.28. The van der Waals surface area contributed by atoms with E-state index in [-0.39, 0.29) is 11.5 Å². The molecule has 5 nitrogen and oxygen atoms in total. The summed E-state index contributed by atoms with van der Waals surface area (Å²) in [6.07, 6.45) is 0.596. The minimum atomic E-state index is -0.405. The third kappa shape index (κ3) is 4.46. The van der Waals surface area contributed by atoms with Crippen LogP contribution in [0.3, 0.4) is 0 Å². The van der Waals surface area contributed by atoms with Crippen molar-refractivity contribution in [3.05, 3.63) is 94.3 Å². The quantitative estimate of drug-likeness (QED) is 0.315. The van der Waals surface area contributed by atoms with E-state index in [2.05, 4.69) is 5.32 Å². The molecule has 1 heterocycles. The maximum Gasteiger partial charge on any atom is 0.266 e. The minimum absolute atomic E-state index is 0.104. The molecule has 0 saturated carbocycles. The fraction of sp³-hybridized carbons (Fsp3) is 0.192. The van der Waals surface area contributed by atoms with Crippen LogP contribution in [-0.4, -0.2) is 20.7 Å². The first-order valence-electron chi connectivity index (χ1n) is 10.6. The largest absolute Gasteiger partial charge is 0.325 e. The van der Waals surface area contributed by atoms with Gasteiger partial charge in [-0.05, 0) is 61.7 Å². The lowest BCUT2D eigenvalue weighted by molar-refractivity contribution is -0.115. The highest BCUT2D eigenvalue weighted by atomic mass is 32.2. The Kier molecular flexibility index (Phi) is 6.42. The fourth-order valence-corrected chi connectivity index (χ4v) is 4.56. The van der Waals surface area contributed by atoms with Gasteiger partial charge in [0.15, 0.2) is 5.16 Å². The second-order valence-corrected chi connectivity index (χ2v) is 8.88. The van der Waals surface area contributed by atoms with Crippen molar-refractivity contribution in [2.45, 2.75) is 37.6 Å². The van der Waals surface area contributed by atoms with E-state index in [0.717, 1.165) is 22.5 Å². The molecule has 162 valence electrons. The zero-order valence-electron chi connectivity index (χ0n) is 18.3. The summed E-state index contributed by atoms with van der Waals surface area (Å²) >= 11 is 1.32. The number of rotatable bonds is 6. The van der Waals surface area contributed by atoms with Gasteiger partial charge in [0, 0.05) is 5.69 Å². The number of hydrogen-bond acceptors (Lipinski definition) is 4. The van der Waals surface area contributed by atoms with E-state index in [1.807, 2.05) is 87.5 Å². The molecule has 0 fully saturated rings. The molecule has 0 aliphatic heterocycles. The van der Waals surface area contributed by atoms with Gasteiger partial charge in [-0.1, -0.05) is 61.2 Å². The van der Waals surface area contributed by atoms with E-state index >= 15 is 0 Å². The summed E-state index contributed by atoms with van der Waals surface area (Å²) in [5.74, 6) is -0.104. The topological polar surface area (TPSA) is 64.0 Å². The van der Waals surface area contributed by atoms with Crippen molar-refractivity contribution in [3.8, 4) is 5.69 Å². The number of nitrogens with zero attached hydrogens (tertiary/aromatic N) is 2. The highest BCUT2D eigenvalue weighted by molar-refractivity contribution is 8.00. The van der Waals surface area contributed by atoms with Crippen molar-refractivity contribution in [1.29, 1.82) is 0 Å². The molecule has 6 heteroatoms. The molecule has 1 atom stereocenters. The number of anilines is 1. The highest BCUT2D eigenvalue weighted by Crippen LogP contribution is 2.28. The molecule has 0 spiro atoms. The number of carbonyl (C=O) groups excluding carboxylic acids is 1. The molecule has 3 aromatic carbocycles. The Morgan fingerprint density at radius 3 is 2.50 bits per heavy atom. The Morgan fingerprint density at radius 2 is 1.75 bits per heavy atom. The summed E-state index contributed by atoms with van der Waals surface area (Å²) in [6, 6.07) is 22.7. The molecule has 0 saturated heterocycles. The summed E-state index contributed by atoms with van der Waals surface area (Å²) < 4.78 is 1.60. The number of thioether (sulfide) groups is 1. The Labute approximate surface area is 191 Å². The molecule has 0 radical (unpaired) electrons. The number of aryl methyl sites for hydroxylation is 2. The molecule has 4 aromatic rings. The van der Waals surface area contributed by atoms with Gasteiger partial charge in [0.25, 0.3) is 5.56 Å². The fourth-order valence-electron chi connectivity index (χ4n) is 3.53. The summed E-state index contributed by atoms with van der Waals surface area (Å²) in [5, 5.41) is 3.71. The summed E-state index contributed by atoms with van der Waals surface area (Å²) in [5.41, 5.74) is 4.10. The predicted molar refractivity (Wildman–Crippen MR) is 132 cm³/mol. The summed E-state index contributed by atoms with van der Waals surface area (Å²) in [4.78, 5) is 31.3. The van der Waals surface area contributed by atoms with Gasteiger partial charge in [-0.15, -0.1) is 0 Å². The SMILES string of the molecule is CCC(Sc1nc2ccccc2c(=O)n1-c1ccccc1)C(=O)Nc1cc(C)ccc1C. The van der Waals surface area contributed by atoms with E-state index in [0.29, 0.717) is 22.5 Å². The van der Waals surface area contributed by atoms with Crippen LogP contribution < -0.4 is 10.9 Å². The van der Waals surface area contributed by atoms with Gasteiger partial charge in [0.2, 0.25) is 5.91 Å². The molecule has 32 heavy (non-hydrogen) atoms. The molecular formula is C26H25N3O2S. The Bertz CT molecular complexity index is 1330. The second-order valence-electron chi connectivity index (χ2n) is 7.71. The lowest BCUT2D eigenvalue weighted by atomic mass is 10.1. The normalized spacial score (nSPS) is 12.0. The van der Waals surface area contributed by atoms with Crippen LogP contribution in [0.4, 0.5) is 5.69 Å². The predicted octanol–water partition coefficient (Wildman–Crippen LogP) is 5.51. The second kappa shape index (κ2) is 9.40. The maximum atomic E-state index is 13.4. The average Bonchev–Trinajstić information content (AvgIpc) is 2.80. The van der Waals surface area contributed by atoms with E-state index in [9.17, 15) is 9.59 Å². The van der Waals surface area contributed by atoms with Gasteiger partial charge in [0.05, 0.1) is 21.8 Å². The van der Waals surface area contributed by atoms with E-state index in [1.165, 1.54) is 11.8 Å². The van der Waals surface area contributed by atoms with Gasteiger partial charge in [0.1, 0.15) is 0 Å². The molecule has 1 N–H and O–H groups in total. The molecule has 1 unspecified atom stereocenters. The van der Waals surface area contributed by atoms with E-state index in [1.54, 1.807) is 10.6 Å². The van der Waals surface area contributed by atoms with Gasteiger partial charge in [-0.25, -0.2) is 4.98 Å². The zero-order chi connectivity index (χ0) is 22.7. The van der Waals surface area contributed by atoms with Crippen LogP contribution in [0.1, 0.15) is 24.5 Å². The van der Waals surface area contributed by atoms with Crippen LogP contribution >= 0.6 is 11.8 Å². The smallest absolute Gasteiger partial charge is 0.266 e. The third-order valence-electron chi connectivity index (χ3n) is 5.32. The van der Waals surface area contributed by atoms with Crippen molar-refractivity contribution in [2.24, 2.45) is 0 Å². The van der Waals surface area contributed by atoms with Crippen LogP contribution in [0, 0.1) is 13.8 Å². The monoisotopic (exact) mass is 443 g/mol. The van der Waals surface area contributed by atoms with Crippen molar-refractivity contribution < 1.29 is 4.79 Å². The number of amides is 1. The standard InChI is InChI=1S/C26H25N3O2S/c1-4-23(24(30)27-22-16-17(2)14-15-18(22)3)32-26-28-21-13-9-8-12-20(21)25(31)29(26)19-10-6-5-7-11-19/h5-16,23H,4H2,1-3H3,(H,27,30). The number of para-hydroxylation sites is 2. The first-order chi connectivity index (χ1) is 15.5. The Balaban J connectivity index is 1.74.